The standard InChI is InChI=1S/C21H24F2N2O3/c1-14-9-16(13-25(2)3)11-17(10-14)24-20(26)8-6-15-5-7-18(28-21(22)23)19(12-15)27-4/h5-12,21H,13H2,1-4H3,(H,24,26). The van der Waals surface area contributed by atoms with Gasteiger partial charge in [0.15, 0.2) is 11.5 Å². The predicted molar refractivity (Wildman–Crippen MR) is 106 cm³/mol. The first-order valence-corrected chi connectivity index (χ1v) is 8.64. The zero-order valence-corrected chi connectivity index (χ0v) is 16.3. The third kappa shape index (κ3) is 6.66. The maximum absolute atomic E-state index is 12.4. The first-order valence-electron chi connectivity index (χ1n) is 8.64. The quantitative estimate of drug-likeness (QED) is 0.682. The van der Waals surface area contributed by atoms with Gasteiger partial charge >= 0.3 is 6.61 Å². The van der Waals surface area contributed by atoms with Gasteiger partial charge in [-0.1, -0.05) is 12.1 Å². The number of ether oxygens (including phenoxy) is 2. The maximum atomic E-state index is 12.4. The van der Waals surface area contributed by atoms with Crippen LogP contribution >= 0.6 is 0 Å². The summed E-state index contributed by atoms with van der Waals surface area (Å²) < 4.78 is 34.2. The minimum atomic E-state index is -2.94. The zero-order valence-electron chi connectivity index (χ0n) is 16.3. The SMILES string of the molecule is COc1cc(C=CC(=O)Nc2cc(C)cc(CN(C)C)c2)ccc1OC(F)F. The van der Waals surface area contributed by atoms with Crippen molar-refractivity contribution in [1.29, 1.82) is 0 Å². The fourth-order valence-electron chi connectivity index (χ4n) is 2.73. The summed E-state index contributed by atoms with van der Waals surface area (Å²) in [7, 11) is 5.32. The van der Waals surface area contributed by atoms with Gasteiger partial charge in [0.2, 0.25) is 5.91 Å². The largest absolute Gasteiger partial charge is 0.493 e. The van der Waals surface area contributed by atoms with E-state index >= 15 is 0 Å². The summed E-state index contributed by atoms with van der Waals surface area (Å²) in [6.45, 7) is -0.194. The van der Waals surface area contributed by atoms with Crippen molar-refractivity contribution in [3.05, 3.63) is 59.2 Å². The molecule has 0 aliphatic heterocycles. The van der Waals surface area contributed by atoms with Crippen LogP contribution in [0.3, 0.4) is 0 Å². The average molecular weight is 390 g/mol. The van der Waals surface area contributed by atoms with Gasteiger partial charge in [-0.3, -0.25) is 4.79 Å². The smallest absolute Gasteiger partial charge is 0.387 e. The highest BCUT2D eigenvalue weighted by Gasteiger charge is 2.10. The van der Waals surface area contributed by atoms with E-state index in [0.29, 0.717) is 11.3 Å². The van der Waals surface area contributed by atoms with Crippen molar-refractivity contribution in [2.45, 2.75) is 20.1 Å². The number of carbonyl (C=O) groups is 1. The lowest BCUT2D eigenvalue weighted by molar-refractivity contribution is -0.111. The Labute approximate surface area is 163 Å². The molecule has 1 amide bonds. The van der Waals surface area contributed by atoms with Gasteiger partial charge in [0, 0.05) is 18.3 Å². The van der Waals surface area contributed by atoms with Crippen LogP contribution < -0.4 is 14.8 Å². The van der Waals surface area contributed by atoms with Crippen molar-refractivity contribution in [2.75, 3.05) is 26.5 Å². The second kappa shape index (κ2) is 9.85. The van der Waals surface area contributed by atoms with Gasteiger partial charge in [0.05, 0.1) is 7.11 Å². The molecule has 0 fully saturated rings. The normalized spacial score (nSPS) is 11.3. The number of hydrogen-bond donors (Lipinski definition) is 1. The predicted octanol–water partition coefficient (Wildman–Crippen LogP) is 4.32. The maximum Gasteiger partial charge on any atom is 0.387 e. The Morgan fingerprint density at radius 3 is 2.57 bits per heavy atom. The van der Waals surface area contributed by atoms with Crippen LogP contribution in [0.2, 0.25) is 0 Å². The molecule has 2 aromatic rings. The van der Waals surface area contributed by atoms with Crippen LogP contribution in [-0.2, 0) is 11.3 Å². The third-order valence-corrected chi connectivity index (χ3v) is 3.73. The topological polar surface area (TPSA) is 50.8 Å². The molecule has 5 nitrogen and oxygen atoms in total. The van der Waals surface area contributed by atoms with Crippen molar-refractivity contribution >= 4 is 17.7 Å². The van der Waals surface area contributed by atoms with Gasteiger partial charge in [0.1, 0.15) is 0 Å². The van der Waals surface area contributed by atoms with E-state index in [2.05, 4.69) is 21.0 Å². The summed E-state index contributed by atoms with van der Waals surface area (Å²) in [5.74, 6) is -0.199. The molecule has 2 aromatic carbocycles. The number of benzene rings is 2. The Kier molecular flexibility index (Phi) is 7.52. The molecule has 150 valence electrons. The molecule has 0 radical (unpaired) electrons. The van der Waals surface area contributed by atoms with Crippen LogP contribution in [0.25, 0.3) is 6.08 Å². The van der Waals surface area contributed by atoms with E-state index in [0.717, 1.165) is 17.7 Å². The van der Waals surface area contributed by atoms with Gasteiger partial charge in [-0.15, -0.1) is 0 Å². The average Bonchev–Trinajstić information content (AvgIpc) is 2.59. The van der Waals surface area contributed by atoms with Crippen LogP contribution in [0.1, 0.15) is 16.7 Å². The lowest BCUT2D eigenvalue weighted by Crippen LogP contribution is -2.12. The van der Waals surface area contributed by atoms with Gasteiger partial charge in [-0.2, -0.15) is 8.78 Å². The summed E-state index contributed by atoms with van der Waals surface area (Å²) >= 11 is 0. The molecule has 0 atom stereocenters. The lowest BCUT2D eigenvalue weighted by Gasteiger charge is -2.12. The first kappa shape index (κ1) is 21.4. The monoisotopic (exact) mass is 390 g/mol. The summed E-state index contributed by atoms with van der Waals surface area (Å²) in [6, 6.07) is 10.3. The number of hydrogen-bond acceptors (Lipinski definition) is 4. The Balaban J connectivity index is 2.08. The Bertz CT molecular complexity index is 852. The molecule has 0 spiro atoms. The second-order valence-corrected chi connectivity index (χ2v) is 6.56. The second-order valence-electron chi connectivity index (χ2n) is 6.56. The van der Waals surface area contributed by atoms with E-state index < -0.39 is 6.61 Å². The molecule has 0 heterocycles. The van der Waals surface area contributed by atoms with Crippen molar-refractivity contribution in [2.24, 2.45) is 0 Å². The van der Waals surface area contributed by atoms with Gasteiger partial charge < -0.3 is 19.7 Å². The van der Waals surface area contributed by atoms with Crippen molar-refractivity contribution < 1.29 is 23.0 Å². The van der Waals surface area contributed by atoms with Gasteiger partial charge in [-0.05, 0) is 68.1 Å². The van der Waals surface area contributed by atoms with Gasteiger partial charge in [-0.25, -0.2) is 0 Å². The summed E-state index contributed by atoms with van der Waals surface area (Å²) in [5, 5.41) is 2.83. The highest BCUT2D eigenvalue weighted by molar-refractivity contribution is 6.02. The number of aryl methyl sites for hydroxylation is 1. The van der Waals surface area contributed by atoms with E-state index in [1.807, 2.05) is 33.2 Å². The Hall–Kier alpha value is -2.93. The van der Waals surface area contributed by atoms with Crippen molar-refractivity contribution in [3.8, 4) is 11.5 Å². The van der Waals surface area contributed by atoms with Crippen LogP contribution in [0.5, 0.6) is 11.5 Å². The number of nitrogens with one attached hydrogen (secondary N) is 1. The van der Waals surface area contributed by atoms with E-state index in [4.69, 9.17) is 4.74 Å². The third-order valence-electron chi connectivity index (χ3n) is 3.73. The molecular formula is C21H24F2N2O3. The van der Waals surface area contributed by atoms with Crippen LogP contribution in [0.15, 0.2) is 42.5 Å². The van der Waals surface area contributed by atoms with Crippen molar-refractivity contribution in [3.63, 3.8) is 0 Å². The molecule has 0 aliphatic rings. The Morgan fingerprint density at radius 1 is 1.18 bits per heavy atom. The molecular weight excluding hydrogens is 366 g/mol. The molecule has 28 heavy (non-hydrogen) atoms. The molecule has 2 rings (SSSR count). The highest BCUT2D eigenvalue weighted by Crippen LogP contribution is 2.29. The van der Waals surface area contributed by atoms with E-state index in [-0.39, 0.29) is 17.4 Å². The molecule has 0 unspecified atom stereocenters. The van der Waals surface area contributed by atoms with E-state index in [9.17, 15) is 13.6 Å². The fraction of sp³-hybridized carbons (Fsp3) is 0.286. The number of amides is 1. The van der Waals surface area contributed by atoms with Crippen molar-refractivity contribution in [1.82, 2.24) is 4.90 Å². The Morgan fingerprint density at radius 2 is 1.93 bits per heavy atom. The molecule has 0 saturated heterocycles. The lowest BCUT2D eigenvalue weighted by atomic mass is 10.1. The minimum absolute atomic E-state index is 0.0627. The summed E-state index contributed by atoms with van der Waals surface area (Å²) in [4.78, 5) is 14.3. The van der Waals surface area contributed by atoms with Crippen LogP contribution in [-0.4, -0.2) is 38.6 Å². The number of methoxy groups -OCH3 is 1. The van der Waals surface area contributed by atoms with Crippen LogP contribution in [0.4, 0.5) is 14.5 Å². The molecule has 0 aliphatic carbocycles. The van der Waals surface area contributed by atoms with Gasteiger partial charge in [0.25, 0.3) is 0 Å². The summed E-state index contributed by atoms with van der Waals surface area (Å²) in [6.07, 6.45) is 2.94. The summed E-state index contributed by atoms with van der Waals surface area (Å²) in [5.41, 5.74) is 3.48. The fourth-order valence-corrected chi connectivity index (χ4v) is 2.73. The molecule has 0 aromatic heterocycles. The number of anilines is 1. The van der Waals surface area contributed by atoms with E-state index in [1.165, 1.54) is 25.3 Å². The molecule has 7 heteroatoms. The van der Waals surface area contributed by atoms with Crippen LogP contribution in [0, 0.1) is 6.92 Å². The first-order chi connectivity index (χ1) is 13.3. The number of rotatable bonds is 8. The minimum Gasteiger partial charge on any atom is -0.493 e. The zero-order chi connectivity index (χ0) is 20.7. The number of nitrogens with zero attached hydrogens (tertiary/aromatic N) is 1. The highest BCUT2D eigenvalue weighted by atomic mass is 19.3. The number of alkyl halides is 2. The number of carbonyl (C=O) groups excluding carboxylic acids is 1. The molecule has 0 bridgehead atoms. The number of halogens is 2. The molecule has 0 saturated carbocycles. The molecule has 1 N–H and O–H groups in total. The van der Waals surface area contributed by atoms with E-state index in [1.54, 1.807) is 12.1 Å².